The van der Waals surface area contributed by atoms with Crippen molar-refractivity contribution >= 4 is 22.4 Å². The average Bonchev–Trinajstić information content (AvgIpc) is 2.47. The Hall–Kier alpha value is -1.25. The molecular weight excluding hydrogens is 272 g/mol. The number of fused-ring (bicyclic) bond motifs is 1. The van der Waals surface area contributed by atoms with Crippen LogP contribution in [0.5, 0.6) is 5.75 Å². The van der Waals surface area contributed by atoms with Gasteiger partial charge in [-0.2, -0.15) is 0 Å². The van der Waals surface area contributed by atoms with Crippen molar-refractivity contribution in [3.63, 3.8) is 0 Å². The monoisotopic (exact) mass is 290 g/mol. The molecule has 3 rings (SSSR count). The molecule has 0 amide bonds. The van der Waals surface area contributed by atoms with Gasteiger partial charge in [0.2, 0.25) is 0 Å². The Morgan fingerprint density at radius 2 is 1.95 bits per heavy atom. The van der Waals surface area contributed by atoms with Crippen molar-refractivity contribution in [3.05, 3.63) is 42.5 Å². The van der Waals surface area contributed by atoms with E-state index in [1.165, 1.54) is 10.8 Å². The lowest BCUT2D eigenvalue weighted by Gasteiger charge is -2.40. The van der Waals surface area contributed by atoms with Crippen LogP contribution in [-0.4, -0.2) is 24.2 Å². The highest BCUT2D eigenvalue weighted by Gasteiger charge is 2.42. The van der Waals surface area contributed by atoms with E-state index in [2.05, 4.69) is 31.2 Å². The standard InChI is InChI=1S/C17H19ClO2/c1-2-9-19-17-15(18)11-16(17)20-14-8-7-12-5-3-4-6-13(12)10-14/h3-8,10,15-17H,2,9,11H2,1H3. The van der Waals surface area contributed by atoms with E-state index >= 15 is 0 Å². The predicted molar refractivity (Wildman–Crippen MR) is 82.7 cm³/mol. The Kier molecular flexibility index (Phi) is 4.13. The van der Waals surface area contributed by atoms with Crippen molar-refractivity contribution in [1.29, 1.82) is 0 Å². The summed E-state index contributed by atoms with van der Waals surface area (Å²) in [5.74, 6) is 0.891. The van der Waals surface area contributed by atoms with Gasteiger partial charge in [-0.25, -0.2) is 0 Å². The molecule has 0 bridgehead atoms. The van der Waals surface area contributed by atoms with Crippen molar-refractivity contribution in [2.45, 2.75) is 37.4 Å². The molecule has 1 fully saturated rings. The van der Waals surface area contributed by atoms with Crippen molar-refractivity contribution in [2.75, 3.05) is 6.61 Å². The quantitative estimate of drug-likeness (QED) is 0.760. The van der Waals surface area contributed by atoms with Crippen molar-refractivity contribution in [3.8, 4) is 5.75 Å². The second-order valence-corrected chi connectivity index (χ2v) is 5.81. The van der Waals surface area contributed by atoms with Gasteiger partial charge >= 0.3 is 0 Å². The van der Waals surface area contributed by atoms with E-state index in [-0.39, 0.29) is 17.6 Å². The molecule has 2 aromatic carbocycles. The molecule has 0 aromatic heterocycles. The lowest BCUT2D eigenvalue weighted by molar-refractivity contribution is -0.0797. The van der Waals surface area contributed by atoms with Gasteiger partial charge in [-0.15, -0.1) is 11.6 Å². The van der Waals surface area contributed by atoms with Gasteiger partial charge < -0.3 is 9.47 Å². The van der Waals surface area contributed by atoms with Crippen molar-refractivity contribution in [2.24, 2.45) is 0 Å². The maximum atomic E-state index is 6.20. The van der Waals surface area contributed by atoms with Crippen LogP contribution in [0.1, 0.15) is 19.8 Å². The normalized spacial score (nSPS) is 25.4. The SMILES string of the molecule is CCCOC1C(Cl)CC1Oc1ccc2ccccc2c1. The predicted octanol–water partition coefficient (Wildman–Crippen LogP) is 4.39. The molecule has 2 nitrogen and oxygen atoms in total. The Labute approximate surface area is 124 Å². The van der Waals surface area contributed by atoms with Crippen LogP contribution in [0.25, 0.3) is 10.8 Å². The lowest BCUT2D eigenvalue weighted by Crippen LogP contribution is -2.52. The summed E-state index contributed by atoms with van der Waals surface area (Å²) in [7, 11) is 0. The zero-order valence-electron chi connectivity index (χ0n) is 11.6. The number of hydrogen-bond acceptors (Lipinski definition) is 2. The van der Waals surface area contributed by atoms with Crippen LogP contribution in [-0.2, 0) is 4.74 Å². The summed E-state index contributed by atoms with van der Waals surface area (Å²) in [6, 6.07) is 14.5. The lowest BCUT2D eigenvalue weighted by atomic mass is 9.91. The molecule has 1 aliphatic rings. The number of benzene rings is 2. The molecule has 1 aliphatic carbocycles. The van der Waals surface area contributed by atoms with E-state index in [1.54, 1.807) is 0 Å². The third kappa shape index (κ3) is 2.77. The van der Waals surface area contributed by atoms with Crippen molar-refractivity contribution < 1.29 is 9.47 Å². The van der Waals surface area contributed by atoms with Crippen LogP contribution in [0.4, 0.5) is 0 Å². The fourth-order valence-corrected chi connectivity index (χ4v) is 2.93. The summed E-state index contributed by atoms with van der Waals surface area (Å²) >= 11 is 6.20. The first-order chi connectivity index (χ1) is 9.78. The Morgan fingerprint density at radius 1 is 1.15 bits per heavy atom. The number of halogens is 1. The van der Waals surface area contributed by atoms with Crippen LogP contribution >= 0.6 is 11.6 Å². The molecule has 0 N–H and O–H groups in total. The van der Waals surface area contributed by atoms with Crippen LogP contribution in [0.2, 0.25) is 0 Å². The maximum absolute atomic E-state index is 6.20. The summed E-state index contributed by atoms with van der Waals surface area (Å²) in [4.78, 5) is 0. The highest BCUT2D eigenvalue weighted by atomic mass is 35.5. The molecule has 0 heterocycles. The first kappa shape index (κ1) is 13.7. The first-order valence-corrected chi connectivity index (χ1v) is 7.62. The van der Waals surface area contributed by atoms with Crippen LogP contribution in [0.3, 0.4) is 0 Å². The van der Waals surface area contributed by atoms with E-state index in [4.69, 9.17) is 21.1 Å². The van der Waals surface area contributed by atoms with Gasteiger partial charge in [0, 0.05) is 13.0 Å². The van der Waals surface area contributed by atoms with Gasteiger partial charge in [-0.3, -0.25) is 0 Å². The van der Waals surface area contributed by atoms with E-state index in [9.17, 15) is 0 Å². The van der Waals surface area contributed by atoms with Crippen LogP contribution in [0.15, 0.2) is 42.5 Å². The topological polar surface area (TPSA) is 18.5 Å². The van der Waals surface area contributed by atoms with Gasteiger partial charge in [0.1, 0.15) is 18.0 Å². The zero-order chi connectivity index (χ0) is 13.9. The molecule has 0 aliphatic heterocycles. The summed E-state index contributed by atoms with van der Waals surface area (Å²) in [5.41, 5.74) is 0. The highest BCUT2D eigenvalue weighted by molar-refractivity contribution is 6.21. The molecule has 106 valence electrons. The van der Waals surface area contributed by atoms with Gasteiger partial charge in [-0.05, 0) is 29.3 Å². The van der Waals surface area contributed by atoms with E-state index in [1.807, 2.05) is 18.2 Å². The summed E-state index contributed by atoms with van der Waals surface area (Å²) < 4.78 is 11.8. The van der Waals surface area contributed by atoms with E-state index < -0.39 is 0 Å². The Bertz CT molecular complexity index is 584. The summed E-state index contributed by atoms with van der Waals surface area (Å²) in [6.07, 6.45) is 1.94. The fourth-order valence-electron chi connectivity index (χ4n) is 2.52. The van der Waals surface area contributed by atoms with E-state index in [0.29, 0.717) is 0 Å². The van der Waals surface area contributed by atoms with Gasteiger partial charge in [-0.1, -0.05) is 37.3 Å². The Balaban J connectivity index is 1.69. The third-order valence-corrected chi connectivity index (χ3v) is 4.13. The second-order valence-electron chi connectivity index (χ2n) is 5.25. The molecule has 1 saturated carbocycles. The Morgan fingerprint density at radius 3 is 2.70 bits per heavy atom. The largest absolute Gasteiger partial charge is 0.488 e. The van der Waals surface area contributed by atoms with Crippen LogP contribution < -0.4 is 4.74 Å². The zero-order valence-corrected chi connectivity index (χ0v) is 12.3. The fraction of sp³-hybridized carbons (Fsp3) is 0.412. The molecule has 0 saturated heterocycles. The maximum Gasteiger partial charge on any atom is 0.128 e. The molecule has 3 atom stereocenters. The minimum atomic E-state index is 0.0167. The van der Waals surface area contributed by atoms with Gasteiger partial charge in [0.15, 0.2) is 0 Å². The first-order valence-electron chi connectivity index (χ1n) is 7.19. The summed E-state index contributed by atoms with van der Waals surface area (Å²) in [6.45, 7) is 2.84. The van der Waals surface area contributed by atoms with E-state index in [0.717, 1.165) is 25.2 Å². The van der Waals surface area contributed by atoms with Gasteiger partial charge in [0.25, 0.3) is 0 Å². The number of hydrogen-bond donors (Lipinski definition) is 0. The molecule has 3 heteroatoms. The van der Waals surface area contributed by atoms with Crippen LogP contribution in [0, 0.1) is 0 Å². The molecule has 0 spiro atoms. The van der Waals surface area contributed by atoms with Crippen molar-refractivity contribution in [1.82, 2.24) is 0 Å². The minimum absolute atomic E-state index is 0.0167. The summed E-state index contributed by atoms with van der Waals surface area (Å²) in [5, 5.41) is 2.49. The number of ether oxygens (including phenoxy) is 2. The van der Waals surface area contributed by atoms with Gasteiger partial charge in [0.05, 0.1) is 5.38 Å². The molecule has 3 unspecified atom stereocenters. The molecule has 2 aromatic rings. The minimum Gasteiger partial charge on any atom is -0.488 e. The average molecular weight is 291 g/mol. The molecular formula is C17H19ClO2. The number of alkyl halides is 1. The number of rotatable bonds is 5. The highest BCUT2D eigenvalue weighted by Crippen LogP contribution is 2.33. The smallest absolute Gasteiger partial charge is 0.128 e. The molecule has 20 heavy (non-hydrogen) atoms. The molecule has 0 radical (unpaired) electrons. The third-order valence-electron chi connectivity index (χ3n) is 3.70. The second kappa shape index (κ2) is 6.02.